The zero-order valence-corrected chi connectivity index (χ0v) is 21.0. The molecule has 8 nitrogen and oxygen atoms in total. The topological polar surface area (TPSA) is 101 Å². The lowest BCUT2D eigenvalue weighted by Gasteiger charge is -2.07. The van der Waals surface area contributed by atoms with E-state index in [-0.39, 0.29) is 18.2 Å². The molecule has 2 amide bonds. The van der Waals surface area contributed by atoms with Gasteiger partial charge in [0.25, 0.3) is 5.91 Å². The van der Waals surface area contributed by atoms with Crippen LogP contribution in [0.25, 0.3) is 10.9 Å². The molecular formula is C27H21ClN6O2S. The lowest BCUT2D eigenvalue weighted by Crippen LogP contribution is -2.19. The molecule has 0 bridgehead atoms. The molecule has 0 fully saturated rings. The summed E-state index contributed by atoms with van der Waals surface area (Å²) in [4.78, 5) is 24.7. The average molecular weight is 529 g/mol. The normalized spacial score (nSPS) is 11.2. The summed E-state index contributed by atoms with van der Waals surface area (Å²) in [6, 6.07) is 24.5. The molecule has 5 aromatic rings. The van der Waals surface area contributed by atoms with Crippen molar-refractivity contribution < 1.29 is 9.59 Å². The van der Waals surface area contributed by atoms with Crippen LogP contribution < -0.4 is 10.7 Å². The Bertz CT molecular complexity index is 1600. The molecule has 0 aliphatic heterocycles. The van der Waals surface area contributed by atoms with Crippen molar-refractivity contribution in [3.8, 4) is 0 Å². The molecule has 0 saturated heterocycles. The van der Waals surface area contributed by atoms with Gasteiger partial charge < -0.3 is 4.57 Å². The number of anilines is 1. The SMILES string of the molecule is O=C(Cc1nnc(NC(=O)c2ccccc2)s1)N/N=C\c1cn(Cc2ccccc2Cl)c2ccccc12. The Balaban J connectivity index is 1.22. The number of aromatic nitrogens is 3. The minimum Gasteiger partial charge on any atom is -0.342 e. The number of fused-ring (bicyclic) bond motifs is 1. The second-order valence-electron chi connectivity index (χ2n) is 8.11. The Labute approximate surface area is 221 Å². The predicted octanol–water partition coefficient (Wildman–Crippen LogP) is 5.14. The van der Waals surface area contributed by atoms with Gasteiger partial charge in [-0.25, -0.2) is 5.43 Å². The summed E-state index contributed by atoms with van der Waals surface area (Å²) in [7, 11) is 0. The molecule has 0 aliphatic carbocycles. The first kappa shape index (κ1) is 24.4. The summed E-state index contributed by atoms with van der Waals surface area (Å²) in [6.07, 6.45) is 3.59. The molecule has 10 heteroatoms. The molecule has 0 aliphatic rings. The van der Waals surface area contributed by atoms with Crippen LogP contribution in [-0.4, -0.2) is 32.8 Å². The molecule has 184 valence electrons. The third-order valence-corrected chi connectivity index (χ3v) is 6.75. The first-order valence-electron chi connectivity index (χ1n) is 11.4. The van der Waals surface area contributed by atoms with Gasteiger partial charge in [-0.15, -0.1) is 10.2 Å². The third kappa shape index (κ3) is 5.91. The summed E-state index contributed by atoms with van der Waals surface area (Å²) in [5.74, 6) is -0.626. The average Bonchev–Trinajstić information content (AvgIpc) is 3.50. The van der Waals surface area contributed by atoms with Gasteiger partial charge in [-0.2, -0.15) is 5.10 Å². The Morgan fingerprint density at radius 3 is 2.57 bits per heavy atom. The van der Waals surface area contributed by atoms with Crippen LogP contribution in [0.1, 0.15) is 26.5 Å². The number of hydrogen-bond acceptors (Lipinski definition) is 6. The van der Waals surface area contributed by atoms with E-state index in [1.807, 2.05) is 60.8 Å². The standard InChI is InChI=1S/C27H21ClN6O2S/c28-22-12-6-4-10-19(22)16-34-17-20(21-11-5-7-13-23(21)34)15-29-31-24(35)14-25-32-33-27(37-25)30-26(36)18-8-2-1-3-9-18/h1-13,15,17H,14,16H2,(H,31,35)(H,30,33,36)/b29-15-. The lowest BCUT2D eigenvalue weighted by atomic mass is 10.2. The fourth-order valence-electron chi connectivity index (χ4n) is 3.80. The highest BCUT2D eigenvalue weighted by atomic mass is 35.5. The van der Waals surface area contributed by atoms with Gasteiger partial charge in [0.05, 0.1) is 12.6 Å². The lowest BCUT2D eigenvalue weighted by molar-refractivity contribution is -0.120. The van der Waals surface area contributed by atoms with Crippen molar-refractivity contribution in [1.82, 2.24) is 20.2 Å². The van der Waals surface area contributed by atoms with E-state index in [1.54, 1.807) is 30.5 Å². The first-order chi connectivity index (χ1) is 18.1. The number of halogens is 1. The van der Waals surface area contributed by atoms with E-state index < -0.39 is 0 Å². The number of hydrogen-bond donors (Lipinski definition) is 2. The van der Waals surface area contributed by atoms with Gasteiger partial charge in [-0.1, -0.05) is 77.5 Å². The smallest absolute Gasteiger partial charge is 0.257 e. The van der Waals surface area contributed by atoms with Gasteiger partial charge >= 0.3 is 0 Å². The van der Waals surface area contributed by atoms with Gasteiger partial charge in [-0.3, -0.25) is 14.9 Å². The van der Waals surface area contributed by atoms with Gasteiger partial charge in [0.2, 0.25) is 11.0 Å². The molecular weight excluding hydrogens is 508 g/mol. The van der Waals surface area contributed by atoms with E-state index in [0.29, 0.717) is 27.3 Å². The number of para-hydroxylation sites is 1. The highest BCUT2D eigenvalue weighted by molar-refractivity contribution is 7.15. The maximum absolute atomic E-state index is 12.4. The fourth-order valence-corrected chi connectivity index (χ4v) is 4.73. The molecule has 2 N–H and O–H groups in total. The molecule has 2 heterocycles. The second kappa shape index (κ2) is 11.2. The Morgan fingerprint density at radius 1 is 0.973 bits per heavy atom. The van der Waals surface area contributed by atoms with E-state index in [1.165, 1.54) is 0 Å². The van der Waals surface area contributed by atoms with Crippen LogP contribution in [0.5, 0.6) is 0 Å². The Morgan fingerprint density at radius 2 is 1.73 bits per heavy atom. The van der Waals surface area contributed by atoms with Crippen molar-refractivity contribution in [1.29, 1.82) is 0 Å². The molecule has 5 rings (SSSR count). The van der Waals surface area contributed by atoms with E-state index in [0.717, 1.165) is 33.4 Å². The van der Waals surface area contributed by atoms with Crippen LogP contribution in [0.15, 0.2) is 90.2 Å². The number of carbonyl (C=O) groups excluding carboxylic acids is 2. The first-order valence-corrected chi connectivity index (χ1v) is 12.6. The van der Waals surface area contributed by atoms with E-state index >= 15 is 0 Å². The molecule has 37 heavy (non-hydrogen) atoms. The summed E-state index contributed by atoms with van der Waals surface area (Å²) in [5.41, 5.74) is 5.97. The highest BCUT2D eigenvalue weighted by Crippen LogP contribution is 2.23. The zero-order chi connectivity index (χ0) is 25.6. The van der Waals surface area contributed by atoms with Crippen molar-refractivity contribution >= 4 is 57.0 Å². The number of carbonyl (C=O) groups is 2. The number of nitrogens with zero attached hydrogens (tertiary/aromatic N) is 4. The number of nitrogens with one attached hydrogen (secondary N) is 2. The molecule has 0 spiro atoms. The number of rotatable bonds is 8. The Hall–Kier alpha value is -4.34. The zero-order valence-electron chi connectivity index (χ0n) is 19.5. The third-order valence-electron chi connectivity index (χ3n) is 5.55. The maximum atomic E-state index is 12.4. The maximum Gasteiger partial charge on any atom is 0.257 e. The van der Waals surface area contributed by atoms with Crippen LogP contribution in [0.2, 0.25) is 5.02 Å². The molecule has 0 radical (unpaired) electrons. The number of amides is 2. The number of hydrazone groups is 1. The van der Waals surface area contributed by atoms with Crippen LogP contribution in [0, 0.1) is 0 Å². The Kier molecular flexibility index (Phi) is 7.34. The van der Waals surface area contributed by atoms with Crippen molar-refractivity contribution in [2.75, 3.05) is 5.32 Å². The van der Waals surface area contributed by atoms with Gasteiger partial charge in [0.1, 0.15) is 5.01 Å². The molecule has 2 aromatic heterocycles. The van der Waals surface area contributed by atoms with E-state index in [2.05, 4.69) is 30.6 Å². The van der Waals surface area contributed by atoms with Crippen molar-refractivity contribution in [3.05, 3.63) is 112 Å². The molecule has 0 atom stereocenters. The molecule has 3 aromatic carbocycles. The number of benzene rings is 3. The molecule has 0 saturated carbocycles. The van der Waals surface area contributed by atoms with E-state index in [4.69, 9.17) is 11.6 Å². The quantitative estimate of drug-likeness (QED) is 0.215. The fraction of sp³-hybridized carbons (Fsp3) is 0.0741. The largest absolute Gasteiger partial charge is 0.342 e. The predicted molar refractivity (Wildman–Crippen MR) is 146 cm³/mol. The summed E-state index contributed by atoms with van der Waals surface area (Å²) < 4.78 is 2.10. The minimum absolute atomic E-state index is 0.00944. The van der Waals surface area contributed by atoms with Crippen molar-refractivity contribution in [3.63, 3.8) is 0 Å². The van der Waals surface area contributed by atoms with Gasteiger partial charge in [-0.05, 0) is 29.8 Å². The highest BCUT2D eigenvalue weighted by Gasteiger charge is 2.13. The van der Waals surface area contributed by atoms with Crippen LogP contribution in [0.4, 0.5) is 5.13 Å². The van der Waals surface area contributed by atoms with Gasteiger partial charge in [0, 0.05) is 39.8 Å². The van der Waals surface area contributed by atoms with Crippen LogP contribution in [0.3, 0.4) is 0 Å². The summed E-state index contributed by atoms with van der Waals surface area (Å²) >= 11 is 7.50. The summed E-state index contributed by atoms with van der Waals surface area (Å²) in [5, 5.41) is 17.3. The van der Waals surface area contributed by atoms with Crippen LogP contribution >= 0.6 is 22.9 Å². The van der Waals surface area contributed by atoms with Gasteiger partial charge in [0.15, 0.2) is 0 Å². The van der Waals surface area contributed by atoms with E-state index in [9.17, 15) is 9.59 Å². The van der Waals surface area contributed by atoms with Crippen molar-refractivity contribution in [2.45, 2.75) is 13.0 Å². The van der Waals surface area contributed by atoms with Crippen molar-refractivity contribution in [2.24, 2.45) is 5.10 Å². The summed E-state index contributed by atoms with van der Waals surface area (Å²) in [6.45, 7) is 0.612. The molecule has 0 unspecified atom stereocenters. The monoisotopic (exact) mass is 528 g/mol. The second-order valence-corrected chi connectivity index (χ2v) is 9.58. The van der Waals surface area contributed by atoms with Crippen LogP contribution in [-0.2, 0) is 17.8 Å². The minimum atomic E-state index is -0.340.